The first-order valence-electron chi connectivity index (χ1n) is 7.97. The predicted molar refractivity (Wildman–Crippen MR) is 90.3 cm³/mol. The summed E-state index contributed by atoms with van der Waals surface area (Å²) in [4.78, 5) is 41.9. The minimum absolute atomic E-state index is 0.120. The fourth-order valence-corrected chi connectivity index (χ4v) is 2.75. The number of amides is 3. The first-order chi connectivity index (χ1) is 12.1. The first kappa shape index (κ1) is 16.9. The van der Waals surface area contributed by atoms with Crippen LogP contribution in [-0.4, -0.2) is 59.2 Å². The quantitative estimate of drug-likeness (QED) is 0.777. The largest absolute Gasteiger partial charge is 0.378 e. The number of aromatic nitrogens is 2. The number of pyridine rings is 2. The van der Waals surface area contributed by atoms with Gasteiger partial charge in [-0.05, 0) is 18.2 Å². The molecule has 1 saturated heterocycles. The molecule has 3 N–H and O–H groups in total. The van der Waals surface area contributed by atoms with Crippen LogP contribution in [0.4, 0.5) is 4.79 Å². The van der Waals surface area contributed by atoms with Crippen LogP contribution in [0.3, 0.4) is 0 Å². The third-order valence-corrected chi connectivity index (χ3v) is 4.04. The minimum atomic E-state index is -0.802. The average Bonchev–Trinajstić information content (AvgIpc) is 2.63. The van der Waals surface area contributed by atoms with E-state index in [-0.39, 0.29) is 24.7 Å². The molecule has 0 bridgehead atoms. The molecular weight excluding hydrogens is 326 g/mol. The Morgan fingerprint density at radius 1 is 1.32 bits per heavy atom. The average molecular weight is 345 g/mol. The lowest BCUT2D eigenvalue weighted by atomic mass is 10.2. The zero-order chi connectivity index (χ0) is 17.8. The van der Waals surface area contributed by atoms with Gasteiger partial charge in [0.2, 0.25) is 0 Å². The maximum absolute atomic E-state index is 12.5. The second kappa shape index (κ2) is 7.31. The van der Waals surface area contributed by atoms with Gasteiger partial charge in [0.05, 0.1) is 24.2 Å². The van der Waals surface area contributed by atoms with E-state index in [1.54, 1.807) is 23.2 Å². The van der Waals surface area contributed by atoms with Crippen molar-refractivity contribution in [3.05, 3.63) is 40.3 Å². The van der Waals surface area contributed by atoms with Crippen LogP contribution >= 0.6 is 0 Å². The highest BCUT2D eigenvalue weighted by Crippen LogP contribution is 2.10. The standard InChI is InChI=1S/C16H19N5O4/c17-14(22)11-10-12-13(2-1-3-18-12)21(15(11)23)5-4-19-16(24)20-6-8-25-9-7-20/h1-3,10H,4-9H2,(H2,17,22)(H,19,24). The molecule has 0 aromatic carbocycles. The Morgan fingerprint density at radius 3 is 2.80 bits per heavy atom. The van der Waals surface area contributed by atoms with E-state index in [4.69, 9.17) is 10.5 Å². The van der Waals surface area contributed by atoms with Crippen molar-refractivity contribution in [2.45, 2.75) is 6.54 Å². The van der Waals surface area contributed by atoms with Gasteiger partial charge in [-0.2, -0.15) is 0 Å². The van der Waals surface area contributed by atoms with Gasteiger partial charge in [0, 0.05) is 32.4 Å². The minimum Gasteiger partial charge on any atom is -0.378 e. The topological polar surface area (TPSA) is 120 Å². The molecule has 0 saturated carbocycles. The number of carbonyl (C=O) groups is 2. The number of morpholine rings is 1. The number of nitrogens with one attached hydrogen (secondary N) is 1. The van der Waals surface area contributed by atoms with Crippen molar-refractivity contribution in [3.8, 4) is 0 Å². The molecule has 0 aliphatic carbocycles. The summed E-state index contributed by atoms with van der Waals surface area (Å²) in [6.45, 7) is 2.56. The number of nitrogens with zero attached hydrogens (tertiary/aromatic N) is 3. The van der Waals surface area contributed by atoms with Crippen LogP contribution in [0.2, 0.25) is 0 Å². The van der Waals surface area contributed by atoms with Crippen molar-refractivity contribution >= 4 is 23.0 Å². The summed E-state index contributed by atoms with van der Waals surface area (Å²) in [6.07, 6.45) is 1.57. The van der Waals surface area contributed by atoms with E-state index in [1.165, 1.54) is 10.6 Å². The molecule has 3 rings (SSSR count). The third-order valence-electron chi connectivity index (χ3n) is 4.04. The number of primary amides is 1. The van der Waals surface area contributed by atoms with Gasteiger partial charge in [-0.25, -0.2) is 4.79 Å². The molecule has 9 heteroatoms. The molecule has 25 heavy (non-hydrogen) atoms. The van der Waals surface area contributed by atoms with Gasteiger partial charge >= 0.3 is 6.03 Å². The molecule has 3 heterocycles. The molecule has 0 atom stereocenters. The summed E-state index contributed by atoms with van der Waals surface area (Å²) in [5, 5.41) is 2.78. The normalized spacial score (nSPS) is 14.5. The Balaban J connectivity index is 1.78. The zero-order valence-electron chi connectivity index (χ0n) is 13.6. The van der Waals surface area contributed by atoms with Crippen molar-refractivity contribution in [2.24, 2.45) is 5.73 Å². The summed E-state index contributed by atoms with van der Waals surface area (Å²) < 4.78 is 6.61. The van der Waals surface area contributed by atoms with E-state index < -0.39 is 11.5 Å². The highest BCUT2D eigenvalue weighted by molar-refractivity contribution is 5.95. The fraction of sp³-hybridized carbons (Fsp3) is 0.375. The number of rotatable bonds is 4. The maximum atomic E-state index is 12.5. The molecule has 132 valence electrons. The van der Waals surface area contributed by atoms with E-state index in [0.29, 0.717) is 37.3 Å². The van der Waals surface area contributed by atoms with Crippen molar-refractivity contribution in [3.63, 3.8) is 0 Å². The fourth-order valence-electron chi connectivity index (χ4n) is 2.75. The summed E-state index contributed by atoms with van der Waals surface area (Å²) in [5.74, 6) is -0.802. The molecule has 1 aliphatic heterocycles. The Hall–Kier alpha value is -2.94. The van der Waals surface area contributed by atoms with Crippen LogP contribution in [0.25, 0.3) is 11.0 Å². The highest BCUT2D eigenvalue weighted by atomic mass is 16.5. The molecular formula is C16H19N5O4. The number of fused-ring (bicyclic) bond motifs is 1. The lowest BCUT2D eigenvalue weighted by molar-refractivity contribution is 0.0532. The smallest absolute Gasteiger partial charge is 0.317 e. The van der Waals surface area contributed by atoms with E-state index in [0.717, 1.165) is 0 Å². The Labute approximate surface area is 143 Å². The summed E-state index contributed by atoms with van der Waals surface area (Å²) in [7, 11) is 0. The van der Waals surface area contributed by atoms with Crippen LogP contribution in [0.5, 0.6) is 0 Å². The molecule has 0 radical (unpaired) electrons. The number of carbonyl (C=O) groups excluding carboxylic acids is 2. The van der Waals surface area contributed by atoms with Gasteiger partial charge in [0.25, 0.3) is 11.5 Å². The van der Waals surface area contributed by atoms with Gasteiger partial charge in [-0.3, -0.25) is 14.6 Å². The summed E-state index contributed by atoms with van der Waals surface area (Å²) in [5.41, 5.74) is 5.75. The number of hydrogen-bond acceptors (Lipinski definition) is 5. The lowest BCUT2D eigenvalue weighted by Gasteiger charge is -2.27. The van der Waals surface area contributed by atoms with Crippen molar-refractivity contribution in [1.82, 2.24) is 19.8 Å². The number of nitrogens with two attached hydrogens (primary N) is 1. The van der Waals surface area contributed by atoms with Crippen LogP contribution in [0.1, 0.15) is 10.4 Å². The van der Waals surface area contributed by atoms with Crippen molar-refractivity contribution in [2.75, 3.05) is 32.8 Å². The van der Waals surface area contributed by atoms with Gasteiger partial charge < -0.3 is 25.3 Å². The summed E-state index contributed by atoms with van der Waals surface area (Å²) >= 11 is 0. The predicted octanol–water partition coefficient (Wildman–Crippen LogP) is -0.463. The van der Waals surface area contributed by atoms with Crippen LogP contribution < -0.4 is 16.6 Å². The van der Waals surface area contributed by atoms with Crippen molar-refractivity contribution < 1.29 is 14.3 Å². The molecule has 2 aromatic rings. The second-order valence-corrected chi connectivity index (χ2v) is 5.62. The van der Waals surface area contributed by atoms with Crippen LogP contribution in [-0.2, 0) is 11.3 Å². The number of ether oxygens (including phenoxy) is 1. The highest BCUT2D eigenvalue weighted by Gasteiger charge is 2.17. The molecule has 3 amide bonds. The molecule has 1 fully saturated rings. The summed E-state index contributed by atoms with van der Waals surface area (Å²) in [6, 6.07) is 4.63. The van der Waals surface area contributed by atoms with Crippen molar-refractivity contribution in [1.29, 1.82) is 0 Å². The Bertz CT molecular complexity index is 857. The number of hydrogen-bond donors (Lipinski definition) is 2. The maximum Gasteiger partial charge on any atom is 0.317 e. The Morgan fingerprint density at radius 2 is 2.08 bits per heavy atom. The lowest BCUT2D eigenvalue weighted by Crippen LogP contribution is -2.47. The third kappa shape index (κ3) is 3.61. The number of urea groups is 1. The van der Waals surface area contributed by atoms with Gasteiger partial charge in [0.1, 0.15) is 5.56 Å². The van der Waals surface area contributed by atoms with E-state index in [1.807, 2.05) is 0 Å². The monoisotopic (exact) mass is 345 g/mol. The van der Waals surface area contributed by atoms with Crippen LogP contribution in [0.15, 0.2) is 29.2 Å². The SMILES string of the molecule is NC(=O)c1cc2ncccc2n(CCNC(=O)N2CCOCC2)c1=O. The Kier molecular flexibility index (Phi) is 4.94. The molecule has 0 unspecified atom stereocenters. The first-order valence-corrected chi connectivity index (χ1v) is 7.97. The molecule has 1 aliphatic rings. The van der Waals surface area contributed by atoms with E-state index in [9.17, 15) is 14.4 Å². The van der Waals surface area contributed by atoms with Gasteiger partial charge in [-0.1, -0.05) is 0 Å². The van der Waals surface area contributed by atoms with E-state index >= 15 is 0 Å². The zero-order valence-corrected chi connectivity index (χ0v) is 13.6. The second-order valence-electron chi connectivity index (χ2n) is 5.62. The van der Waals surface area contributed by atoms with E-state index in [2.05, 4.69) is 10.3 Å². The van der Waals surface area contributed by atoms with Gasteiger partial charge in [0.15, 0.2) is 0 Å². The van der Waals surface area contributed by atoms with Gasteiger partial charge in [-0.15, -0.1) is 0 Å². The molecule has 2 aromatic heterocycles. The molecule has 0 spiro atoms. The van der Waals surface area contributed by atoms with Crippen LogP contribution in [0, 0.1) is 0 Å². The molecule has 9 nitrogen and oxygen atoms in total.